The summed E-state index contributed by atoms with van der Waals surface area (Å²) in [6, 6.07) is 18.6. The Morgan fingerprint density at radius 3 is 2.24 bits per heavy atom. The number of imidazole rings is 2. The molecule has 15 heteroatoms. The molecule has 3 atom stereocenters. The van der Waals surface area contributed by atoms with Crippen molar-refractivity contribution in [2.24, 2.45) is 5.92 Å². The summed E-state index contributed by atoms with van der Waals surface area (Å²) in [5.41, 5.74) is 8.67. The van der Waals surface area contributed by atoms with Crippen LogP contribution in [0.1, 0.15) is 96.4 Å². The van der Waals surface area contributed by atoms with E-state index in [1.807, 2.05) is 17.9 Å². The average Bonchev–Trinajstić information content (AvgIpc) is 4.12. The quantitative estimate of drug-likeness (QED) is 0.101. The van der Waals surface area contributed by atoms with Gasteiger partial charge in [0, 0.05) is 18.2 Å². The first-order valence-corrected chi connectivity index (χ1v) is 21.7. The summed E-state index contributed by atoms with van der Waals surface area (Å²) in [6.07, 6.45) is 6.67. The van der Waals surface area contributed by atoms with E-state index < -0.39 is 12.2 Å². The number of rotatable bonds is 11. The van der Waals surface area contributed by atoms with Gasteiger partial charge in [0.1, 0.15) is 37.1 Å². The van der Waals surface area contributed by atoms with E-state index in [0.717, 1.165) is 87.4 Å². The lowest BCUT2D eigenvalue weighted by Gasteiger charge is -2.34. The molecule has 4 amide bonds. The zero-order valence-electron chi connectivity index (χ0n) is 36.9. The molecule has 3 aliphatic rings. The Labute approximate surface area is 363 Å². The molecule has 8 rings (SSSR count). The SMILES string of the molecule is CCC.CCC.CCCN(Cc1ncc(-c2ccc3c(c2)COc2cc(-c4ccc5nc([C@@H]6[C@H]7CC[C@H](C7)N6C(=O)CNC(=O)OC)[nH]c5c4)ccc2-3)[nH]1)C(=O)CNC(=O)OC. The van der Waals surface area contributed by atoms with Gasteiger partial charge in [0.15, 0.2) is 0 Å². The standard InChI is InChI=1S/C41H44N8O7.2C3H8/c1-4-13-48(36(50)19-43-40(52)54-2)21-35-42-18-33(45-35)25-7-10-29-27(14-25)22-56-34-17-24(6-11-30(29)34)23-8-12-31-32(16-23)47-39(46-31)38-26-5-9-28(15-26)49(38)37(51)20-44-41(53)55-3;2*1-3-2/h6-8,10-12,14,16-18,26,28,38H,4-5,9,13,15,19-22H2,1-3H3,(H,42,45)(H,43,52)(H,44,53)(H,46,47);2*3H2,1-2H3/t26-,28+,38-;;/m0../s1. The molecular formula is C47H60N8O7. The van der Waals surface area contributed by atoms with Crippen molar-refractivity contribution in [3.8, 4) is 39.3 Å². The molecule has 1 aliphatic carbocycles. The Morgan fingerprint density at radius 1 is 0.839 bits per heavy atom. The van der Waals surface area contributed by atoms with Crippen LogP contribution >= 0.6 is 0 Å². The number of fused-ring (bicyclic) bond motifs is 6. The number of aromatic nitrogens is 4. The second-order valence-corrected chi connectivity index (χ2v) is 15.9. The molecule has 330 valence electrons. The van der Waals surface area contributed by atoms with Gasteiger partial charge >= 0.3 is 12.2 Å². The monoisotopic (exact) mass is 848 g/mol. The van der Waals surface area contributed by atoms with Gasteiger partial charge in [-0.25, -0.2) is 19.6 Å². The lowest BCUT2D eigenvalue weighted by Crippen LogP contribution is -2.45. The number of carbonyl (C=O) groups excluding carboxylic acids is 4. The zero-order valence-corrected chi connectivity index (χ0v) is 36.9. The Balaban J connectivity index is 0.00000101. The highest BCUT2D eigenvalue weighted by molar-refractivity contribution is 5.86. The number of carbonyl (C=O) groups is 4. The molecule has 4 N–H and O–H groups in total. The molecule has 1 saturated carbocycles. The molecular weight excluding hydrogens is 789 g/mol. The normalized spacial score (nSPS) is 16.7. The van der Waals surface area contributed by atoms with Crippen molar-refractivity contribution in [1.82, 2.24) is 40.4 Å². The van der Waals surface area contributed by atoms with E-state index in [1.54, 1.807) is 11.1 Å². The molecule has 4 heterocycles. The number of alkyl carbamates (subject to hydrolysis) is 2. The smallest absolute Gasteiger partial charge is 0.407 e. The minimum atomic E-state index is -0.652. The van der Waals surface area contributed by atoms with Crippen LogP contribution < -0.4 is 15.4 Å². The highest BCUT2D eigenvalue weighted by Crippen LogP contribution is 2.50. The Bertz CT molecular complexity index is 2350. The molecule has 2 aliphatic heterocycles. The van der Waals surface area contributed by atoms with Crippen molar-refractivity contribution in [3.05, 3.63) is 78.0 Å². The topological polar surface area (TPSA) is 184 Å². The van der Waals surface area contributed by atoms with E-state index in [0.29, 0.717) is 24.9 Å². The van der Waals surface area contributed by atoms with Crippen LogP contribution in [0.4, 0.5) is 9.59 Å². The molecule has 0 spiro atoms. The molecule has 0 unspecified atom stereocenters. The van der Waals surface area contributed by atoms with Crippen LogP contribution in [0.2, 0.25) is 0 Å². The van der Waals surface area contributed by atoms with Gasteiger partial charge < -0.3 is 44.6 Å². The van der Waals surface area contributed by atoms with Gasteiger partial charge in [0.05, 0.1) is 49.7 Å². The molecule has 15 nitrogen and oxygen atoms in total. The summed E-state index contributed by atoms with van der Waals surface area (Å²) < 4.78 is 15.6. The Kier molecular flexibility index (Phi) is 15.2. The first-order valence-electron chi connectivity index (χ1n) is 21.7. The number of nitrogens with one attached hydrogen (secondary N) is 4. The summed E-state index contributed by atoms with van der Waals surface area (Å²) in [7, 11) is 2.54. The zero-order chi connectivity index (χ0) is 44.3. The Hall–Kier alpha value is -6.38. The number of methoxy groups -OCH3 is 2. The first kappa shape index (κ1) is 45.2. The van der Waals surface area contributed by atoms with Crippen molar-refractivity contribution in [2.45, 2.75) is 98.4 Å². The van der Waals surface area contributed by atoms with E-state index in [-0.39, 0.29) is 43.5 Å². The van der Waals surface area contributed by atoms with Crippen molar-refractivity contribution in [1.29, 1.82) is 0 Å². The lowest BCUT2D eigenvalue weighted by molar-refractivity contribution is -0.135. The van der Waals surface area contributed by atoms with Gasteiger partial charge in [-0.05, 0) is 83.7 Å². The van der Waals surface area contributed by atoms with Gasteiger partial charge in [-0.3, -0.25) is 9.59 Å². The summed E-state index contributed by atoms with van der Waals surface area (Å²) in [5, 5.41) is 4.98. The maximum absolute atomic E-state index is 13.3. The minimum Gasteiger partial charge on any atom is -0.488 e. The van der Waals surface area contributed by atoms with Gasteiger partial charge in [0.25, 0.3) is 0 Å². The molecule has 62 heavy (non-hydrogen) atoms. The van der Waals surface area contributed by atoms with E-state index in [4.69, 9.17) is 9.72 Å². The van der Waals surface area contributed by atoms with E-state index in [2.05, 4.69) is 111 Å². The lowest BCUT2D eigenvalue weighted by atomic mass is 9.92. The minimum absolute atomic E-state index is 0.114. The van der Waals surface area contributed by atoms with Crippen LogP contribution in [-0.4, -0.2) is 93.6 Å². The number of piperidine rings is 1. The van der Waals surface area contributed by atoms with Crippen LogP contribution in [0.3, 0.4) is 0 Å². The molecule has 3 aromatic carbocycles. The third-order valence-corrected chi connectivity index (χ3v) is 11.0. The first-order chi connectivity index (χ1) is 30.0. The second-order valence-electron chi connectivity index (χ2n) is 15.9. The van der Waals surface area contributed by atoms with E-state index in [1.165, 1.54) is 27.1 Å². The van der Waals surface area contributed by atoms with E-state index in [9.17, 15) is 19.2 Å². The molecule has 2 fully saturated rings. The molecule has 5 aromatic rings. The van der Waals surface area contributed by atoms with Crippen molar-refractivity contribution < 1.29 is 33.4 Å². The molecule has 2 bridgehead atoms. The highest BCUT2D eigenvalue weighted by atomic mass is 16.5. The largest absolute Gasteiger partial charge is 0.488 e. The predicted molar refractivity (Wildman–Crippen MR) is 238 cm³/mol. The van der Waals surface area contributed by atoms with Crippen LogP contribution in [0.5, 0.6) is 5.75 Å². The number of hydrogen-bond acceptors (Lipinski definition) is 9. The predicted octanol–water partition coefficient (Wildman–Crippen LogP) is 8.51. The van der Waals surface area contributed by atoms with Gasteiger partial charge in [-0.1, -0.05) is 77.8 Å². The summed E-state index contributed by atoms with van der Waals surface area (Å²) in [4.78, 5) is 69.0. The number of likely N-dealkylation sites (tertiary alicyclic amines) is 1. The third kappa shape index (κ3) is 10.2. The molecule has 1 saturated heterocycles. The molecule has 0 radical (unpaired) electrons. The number of ether oxygens (including phenoxy) is 3. The second kappa shape index (κ2) is 20.9. The summed E-state index contributed by atoms with van der Waals surface area (Å²) in [5.74, 6) is 2.17. The number of amides is 4. The fourth-order valence-electron chi connectivity index (χ4n) is 8.37. The van der Waals surface area contributed by atoms with Crippen molar-refractivity contribution >= 4 is 35.0 Å². The molecule has 2 aromatic heterocycles. The Morgan fingerprint density at radius 2 is 1.52 bits per heavy atom. The fraction of sp³-hybridized carbons (Fsp3) is 0.447. The maximum atomic E-state index is 13.3. The van der Waals surface area contributed by atoms with Gasteiger partial charge in [-0.15, -0.1) is 0 Å². The fourth-order valence-corrected chi connectivity index (χ4v) is 8.37. The number of H-pyrrole nitrogens is 2. The van der Waals surface area contributed by atoms with Gasteiger partial charge in [-0.2, -0.15) is 0 Å². The number of benzene rings is 3. The van der Waals surface area contributed by atoms with Crippen LogP contribution in [0, 0.1) is 5.92 Å². The number of hydrogen-bond donors (Lipinski definition) is 4. The van der Waals surface area contributed by atoms with Crippen LogP contribution in [-0.2, 0) is 32.2 Å². The number of aromatic amines is 2. The average molecular weight is 849 g/mol. The van der Waals surface area contributed by atoms with Crippen molar-refractivity contribution in [3.63, 3.8) is 0 Å². The van der Waals surface area contributed by atoms with Crippen molar-refractivity contribution in [2.75, 3.05) is 33.9 Å². The maximum Gasteiger partial charge on any atom is 0.407 e. The summed E-state index contributed by atoms with van der Waals surface area (Å²) >= 11 is 0. The van der Waals surface area contributed by atoms with Crippen LogP contribution in [0.15, 0.2) is 60.8 Å². The summed E-state index contributed by atoms with van der Waals surface area (Å²) in [6.45, 7) is 11.4. The highest BCUT2D eigenvalue weighted by Gasteiger charge is 2.49. The number of nitrogens with zero attached hydrogens (tertiary/aromatic N) is 4. The van der Waals surface area contributed by atoms with E-state index >= 15 is 0 Å². The van der Waals surface area contributed by atoms with Gasteiger partial charge in [0.2, 0.25) is 11.8 Å². The third-order valence-electron chi connectivity index (χ3n) is 11.0. The van der Waals surface area contributed by atoms with Crippen LogP contribution in [0.25, 0.3) is 44.5 Å².